The zero-order chi connectivity index (χ0) is 11.4. The fourth-order valence-electron chi connectivity index (χ4n) is 1.76. The van der Waals surface area contributed by atoms with E-state index in [-0.39, 0.29) is 0 Å². The van der Waals surface area contributed by atoms with Crippen LogP contribution in [0.2, 0.25) is 0 Å². The number of benzene rings is 1. The van der Waals surface area contributed by atoms with Crippen LogP contribution in [0, 0.1) is 0 Å². The molecule has 0 bridgehead atoms. The Balaban J connectivity index is 2.24. The normalized spacial score (nSPS) is 20.5. The second-order valence-electron chi connectivity index (χ2n) is 3.70. The summed E-state index contributed by atoms with van der Waals surface area (Å²) in [4.78, 5) is 0. The van der Waals surface area contributed by atoms with Gasteiger partial charge >= 0.3 is 0 Å². The molecule has 88 valence electrons. The standard InChI is InChI=1S/C12H17NO2S/c1-14-10-6-9(7-11(8-10)15-2)12-13-4-3-5-16-12/h6-8,12-13H,3-5H2,1-2H3. The first kappa shape index (κ1) is 11.6. The summed E-state index contributed by atoms with van der Waals surface area (Å²) >= 11 is 1.93. The second-order valence-corrected chi connectivity index (χ2v) is 4.92. The summed E-state index contributed by atoms with van der Waals surface area (Å²) in [6, 6.07) is 6.04. The van der Waals surface area contributed by atoms with Gasteiger partial charge in [0.15, 0.2) is 0 Å². The molecule has 16 heavy (non-hydrogen) atoms. The van der Waals surface area contributed by atoms with Crippen LogP contribution in [0.3, 0.4) is 0 Å². The zero-order valence-corrected chi connectivity index (χ0v) is 10.5. The molecule has 1 heterocycles. The lowest BCUT2D eigenvalue weighted by atomic mass is 10.2. The van der Waals surface area contributed by atoms with Crippen LogP contribution >= 0.6 is 11.8 Å². The smallest absolute Gasteiger partial charge is 0.122 e. The predicted molar refractivity (Wildman–Crippen MR) is 67.4 cm³/mol. The lowest BCUT2D eigenvalue weighted by molar-refractivity contribution is 0.393. The van der Waals surface area contributed by atoms with Crippen molar-refractivity contribution >= 4 is 11.8 Å². The molecule has 0 saturated carbocycles. The highest BCUT2D eigenvalue weighted by molar-refractivity contribution is 7.99. The van der Waals surface area contributed by atoms with E-state index in [1.807, 2.05) is 17.8 Å². The van der Waals surface area contributed by atoms with Crippen molar-refractivity contribution in [3.8, 4) is 11.5 Å². The van der Waals surface area contributed by atoms with Gasteiger partial charge in [-0.3, -0.25) is 0 Å². The largest absolute Gasteiger partial charge is 0.497 e. The van der Waals surface area contributed by atoms with Crippen molar-refractivity contribution in [3.05, 3.63) is 23.8 Å². The zero-order valence-electron chi connectivity index (χ0n) is 9.66. The van der Waals surface area contributed by atoms with Crippen molar-refractivity contribution in [1.82, 2.24) is 5.32 Å². The molecule has 0 spiro atoms. The van der Waals surface area contributed by atoms with Crippen LogP contribution in [0.5, 0.6) is 11.5 Å². The van der Waals surface area contributed by atoms with Crippen LogP contribution in [0.1, 0.15) is 17.4 Å². The van der Waals surface area contributed by atoms with Gasteiger partial charge in [0.25, 0.3) is 0 Å². The molecule has 3 nitrogen and oxygen atoms in total. The molecule has 1 fully saturated rings. The molecule has 4 heteroatoms. The van der Waals surface area contributed by atoms with E-state index in [4.69, 9.17) is 9.47 Å². The van der Waals surface area contributed by atoms with E-state index in [0.717, 1.165) is 18.0 Å². The van der Waals surface area contributed by atoms with Crippen LogP contribution in [0.4, 0.5) is 0 Å². The van der Waals surface area contributed by atoms with Gasteiger partial charge in [-0.05, 0) is 36.4 Å². The number of hydrogen-bond donors (Lipinski definition) is 1. The minimum Gasteiger partial charge on any atom is -0.497 e. The van der Waals surface area contributed by atoms with Crippen molar-refractivity contribution in [2.45, 2.75) is 11.8 Å². The third kappa shape index (κ3) is 2.62. The maximum absolute atomic E-state index is 5.27. The quantitative estimate of drug-likeness (QED) is 0.877. The van der Waals surface area contributed by atoms with Crippen LogP contribution < -0.4 is 14.8 Å². The first-order valence-corrected chi connectivity index (χ1v) is 6.46. The van der Waals surface area contributed by atoms with E-state index in [2.05, 4.69) is 17.4 Å². The summed E-state index contributed by atoms with van der Waals surface area (Å²) in [6.45, 7) is 1.08. The van der Waals surface area contributed by atoms with Gasteiger partial charge in [0.1, 0.15) is 11.5 Å². The van der Waals surface area contributed by atoms with Gasteiger partial charge in [0.05, 0.1) is 19.6 Å². The van der Waals surface area contributed by atoms with Gasteiger partial charge in [0, 0.05) is 6.07 Å². The molecular formula is C12H17NO2S. The topological polar surface area (TPSA) is 30.5 Å². The number of ether oxygens (including phenoxy) is 2. The summed E-state index contributed by atoms with van der Waals surface area (Å²) < 4.78 is 10.5. The highest BCUT2D eigenvalue weighted by atomic mass is 32.2. The minimum absolute atomic E-state index is 0.359. The monoisotopic (exact) mass is 239 g/mol. The van der Waals surface area contributed by atoms with E-state index >= 15 is 0 Å². The molecule has 1 aromatic rings. The van der Waals surface area contributed by atoms with Crippen molar-refractivity contribution in [1.29, 1.82) is 0 Å². The van der Waals surface area contributed by atoms with Crippen molar-refractivity contribution in [2.75, 3.05) is 26.5 Å². The highest BCUT2D eigenvalue weighted by Gasteiger charge is 2.16. The Labute approximate surface area is 101 Å². The summed E-state index contributed by atoms with van der Waals surface area (Å²) in [5.74, 6) is 2.90. The summed E-state index contributed by atoms with van der Waals surface area (Å²) in [5, 5.41) is 3.85. The summed E-state index contributed by atoms with van der Waals surface area (Å²) in [6.07, 6.45) is 1.24. The molecule has 1 saturated heterocycles. The van der Waals surface area contributed by atoms with E-state index in [0.29, 0.717) is 5.37 Å². The van der Waals surface area contributed by atoms with E-state index < -0.39 is 0 Å². The van der Waals surface area contributed by atoms with Crippen LogP contribution in [-0.4, -0.2) is 26.5 Å². The molecule has 1 atom stereocenters. The second kappa shape index (κ2) is 5.46. The molecule has 1 aliphatic heterocycles. The lowest BCUT2D eigenvalue weighted by Gasteiger charge is -2.24. The highest BCUT2D eigenvalue weighted by Crippen LogP contribution is 2.34. The number of rotatable bonds is 3. The van der Waals surface area contributed by atoms with E-state index in [9.17, 15) is 0 Å². The molecule has 1 N–H and O–H groups in total. The Hall–Kier alpha value is -0.870. The average Bonchev–Trinajstić information content (AvgIpc) is 2.39. The van der Waals surface area contributed by atoms with Crippen molar-refractivity contribution in [3.63, 3.8) is 0 Å². The Morgan fingerprint density at radius 2 is 1.88 bits per heavy atom. The Kier molecular flexibility index (Phi) is 3.96. The Morgan fingerprint density at radius 1 is 1.19 bits per heavy atom. The van der Waals surface area contributed by atoms with E-state index in [1.165, 1.54) is 17.7 Å². The van der Waals surface area contributed by atoms with Gasteiger partial charge in [0.2, 0.25) is 0 Å². The number of thioether (sulfide) groups is 1. The number of hydrogen-bond acceptors (Lipinski definition) is 4. The molecule has 2 rings (SSSR count). The fourth-order valence-corrected chi connectivity index (χ4v) is 2.87. The molecule has 0 aromatic heterocycles. The van der Waals surface area contributed by atoms with Gasteiger partial charge in [-0.2, -0.15) is 0 Å². The molecule has 0 radical (unpaired) electrons. The summed E-state index contributed by atoms with van der Waals surface area (Å²) in [7, 11) is 3.36. The summed E-state index contributed by atoms with van der Waals surface area (Å²) in [5.41, 5.74) is 1.22. The Bertz CT molecular complexity index is 329. The molecule has 1 unspecified atom stereocenters. The third-order valence-corrected chi connectivity index (χ3v) is 3.91. The van der Waals surface area contributed by atoms with Crippen LogP contribution in [0.15, 0.2) is 18.2 Å². The maximum Gasteiger partial charge on any atom is 0.122 e. The van der Waals surface area contributed by atoms with Gasteiger partial charge < -0.3 is 14.8 Å². The Morgan fingerprint density at radius 3 is 2.38 bits per heavy atom. The maximum atomic E-state index is 5.27. The van der Waals surface area contributed by atoms with E-state index in [1.54, 1.807) is 14.2 Å². The first-order valence-electron chi connectivity index (χ1n) is 5.41. The number of methoxy groups -OCH3 is 2. The lowest BCUT2D eigenvalue weighted by Crippen LogP contribution is -2.25. The molecule has 1 aliphatic rings. The molecular weight excluding hydrogens is 222 g/mol. The number of nitrogens with one attached hydrogen (secondary N) is 1. The van der Waals surface area contributed by atoms with Gasteiger partial charge in [-0.15, -0.1) is 11.8 Å². The predicted octanol–water partition coefficient (Wildman–Crippen LogP) is 2.43. The fraction of sp³-hybridized carbons (Fsp3) is 0.500. The van der Waals surface area contributed by atoms with Crippen molar-refractivity contribution < 1.29 is 9.47 Å². The molecule has 1 aromatic carbocycles. The SMILES string of the molecule is COc1cc(OC)cc(C2NCCCS2)c1. The first-order chi connectivity index (χ1) is 7.83. The average molecular weight is 239 g/mol. The third-order valence-electron chi connectivity index (χ3n) is 2.61. The molecule has 0 aliphatic carbocycles. The van der Waals surface area contributed by atoms with Crippen molar-refractivity contribution in [2.24, 2.45) is 0 Å². The van der Waals surface area contributed by atoms with Gasteiger partial charge in [-0.1, -0.05) is 0 Å². The van der Waals surface area contributed by atoms with Gasteiger partial charge in [-0.25, -0.2) is 0 Å². The van der Waals surface area contributed by atoms with Crippen LogP contribution in [0.25, 0.3) is 0 Å². The van der Waals surface area contributed by atoms with Crippen LogP contribution in [-0.2, 0) is 0 Å². The minimum atomic E-state index is 0.359. The molecule has 0 amide bonds.